The Hall–Kier alpha value is -2.80. The number of methoxy groups -OCH3 is 1. The van der Waals surface area contributed by atoms with Crippen molar-refractivity contribution in [2.24, 2.45) is 5.92 Å². The Bertz CT molecular complexity index is 925. The van der Waals surface area contributed by atoms with Crippen LogP contribution in [-0.2, 0) is 4.79 Å². The normalized spacial score (nSPS) is 10.9. The standard InChI is InChI=1S/C21H24N4O2S/c1-15(2)13-22-19(26)14-28-21-24-23-20(16-9-5-4-6-10-16)25(21)17-11-7-8-12-18(17)27-3/h4-12,15H,13-14H2,1-3H3,(H,22,26). The van der Waals surface area contributed by atoms with Gasteiger partial charge in [-0.1, -0.05) is 68.1 Å². The second kappa shape index (κ2) is 9.41. The summed E-state index contributed by atoms with van der Waals surface area (Å²) >= 11 is 1.36. The summed E-state index contributed by atoms with van der Waals surface area (Å²) in [6.45, 7) is 4.80. The minimum Gasteiger partial charge on any atom is -0.495 e. The van der Waals surface area contributed by atoms with Crippen LogP contribution in [-0.4, -0.2) is 40.1 Å². The lowest BCUT2D eigenvalue weighted by molar-refractivity contribution is -0.118. The largest absolute Gasteiger partial charge is 0.495 e. The lowest BCUT2D eigenvalue weighted by Gasteiger charge is -2.14. The van der Waals surface area contributed by atoms with Gasteiger partial charge < -0.3 is 10.1 Å². The Morgan fingerprint density at radius 3 is 2.54 bits per heavy atom. The van der Waals surface area contributed by atoms with Crippen molar-refractivity contribution in [3.63, 3.8) is 0 Å². The lowest BCUT2D eigenvalue weighted by atomic mass is 10.2. The minimum absolute atomic E-state index is 0.0189. The van der Waals surface area contributed by atoms with Crippen LogP contribution in [0.1, 0.15) is 13.8 Å². The van der Waals surface area contributed by atoms with E-state index in [0.29, 0.717) is 29.2 Å². The molecule has 0 aliphatic carbocycles. The third-order valence-electron chi connectivity index (χ3n) is 4.03. The fourth-order valence-corrected chi connectivity index (χ4v) is 3.44. The highest BCUT2D eigenvalue weighted by Crippen LogP contribution is 2.32. The number of hydrogen-bond acceptors (Lipinski definition) is 5. The molecule has 3 aromatic rings. The number of amides is 1. The van der Waals surface area contributed by atoms with Gasteiger partial charge in [0.2, 0.25) is 5.91 Å². The van der Waals surface area contributed by atoms with E-state index < -0.39 is 0 Å². The number of rotatable bonds is 8. The predicted octanol–water partition coefficient (Wildman–Crippen LogP) is 3.81. The van der Waals surface area contributed by atoms with E-state index in [0.717, 1.165) is 11.3 Å². The number of para-hydroxylation sites is 2. The molecule has 3 rings (SSSR count). The Labute approximate surface area is 169 Å². The van der Waals surface area contributed by atoms with Gasteiger partial charge in [-0.3, -0.25) is 9.36 Å². The van der Waals surface area contributed by atoms with Crippen molar-refractivity contribution >= 4 is 17.7 Å². The third kappa shape index (κ3) is 4.72. The SMILES string of the molecule is COc1ccccc1-n1c(SCC(=O)NCC(C)C)nnc1-c1ccccc1. The average Bonchev–Trinajstić information content (AvgIpc) is 3.15. The Kier molecular flexibility index (Phi) is 6.71. The van der Waals surface area contributed by atoms with E-state index in [2.05, 4.69) is 29.4 Å². The Balaban J connectivity index is 1.95. The van der Waals surface area contributed by atoms with Gasteiger partial charge in [-0.2, -0.15) is 0 Å². The molecule has 0 radical (unpaired) electrons. The first-order chi connectivity index (χ1) is 13.6. The molecule has 0 aliphatic heterocycles. The highest BCUT2D eigenvalue weighted by atomic mass is 32.2. The molecular formula is C21H24N4O2S. The molecule has 0 saturated heterocycles. The molecular weight excluding hydrogens is 372 g/mol. The van der Waals surface area contributed by atoms with Crippen molar-refractivity contribution in [2.75, 3.05) is 19.4 Å². The van der Waals surface area contributed by atoms with Gasteiger partial charge >= 0.3 is 0 Å². The van der Waals surface area contributed by atoms with Crippen molar-refractivity contribution in [1.29, 1.82) is 0 Å². The summed E-state index contributed by atoms with van der Waals surface area (Å²) in [6.07, 6.45) is 0. The van der Waals surface area contributed by atoms with Crippen LogP contribution < -0.4 is 10.1 Å². The van der Waals surface area contributed by atoms with Crippen molar-refractivity contribution in [3.05, 3.63) is 54.6 Å². The van der Waals surface area contributed by atoms with Gasteiger partial charge in [-0.05, 0) is 18.1 Å². The number of ether oxygens (including phenoxy) is 1. The maximum absolute atomic E-state index is 12.2. The topological polar surface area (TPSA) is 69.0 Å². The van der Waals surface area contributed by atoms with Gasteiger partial charge in [-0.15, -0.1) is 10.2 Å². The first kappa shape index (κ1) is 19.9. The summed E-state index contributed by atoms with van der Waals surface area (Å²) in [5.41, 5.74) is 1.77. The summed E-state index contributed by atoms with van der Waals surface area (Å²) in [5, 5.41) is 12.3. The molecule has 0 spiro atoms. The molecule has 0 fully saturated rings. The van der Waals surface area contributed by atoms with Crippen LogP contribution >= 0.6 is 11.8 Å². The average molecular weight is 397 g/mol. The van der Waals surface area contributed by atoms with Crippen molar-refractivity contribution in [3.8, 4) is 22.8 Å². The highest BCUT2D eigenvalue weighted by molar-refractivity contribution is 7.99. The fourth-order valence-electron chi connectivity index (χ4n) is 2.67. The number of benzene rings is 2. The number of carbonyl (C=O) groups excluding carboxylic acids is 1. The number of nitrogens with one attached hydrogen (secondary N) is 1. The summed E-state index contributed by atoms with van der Waals surface area (Å²) in [4.78, 5) is 12.2. The number of aromatic nitrogens is 3. The molecule has 0 atom stereocenters. The van der Waals surface area contributed by atoms with Crippen LogP contribution in [0.15, 0.2) is 59.8 Å². The monoisotopic (exact) mass is 396 g/mol. The first-order valence-corrected chi connectivity index (χ1v) is 10.1. The van der Waals surface area contributed by atoms with Crippen LogP contribution in [0.3, 0.4) is 0 Å². The van der Waals surface area contributed by atoms with Crippen LogP contribution in [0.5, 0.6) is 5.75 Å². The molecule has 6 nitrogen and oxygen atoms in total. The third-order valence-corrected chi connectivity index (χ3v) is 4.96. The number of nitrogens with zero attached hydrogens (tertiary/aromatic N) is 3. The smallest absolute Gasteiger partial charge is 0.230 e. The quantitative estimate of drug-likeness (QED) is 0.587. The molecule has 1 aromatic heterocycles. The van der Waals surface area contributed by atoms with Gasteiger partial charge in [-0.25, -0.2) is 0 Å². The van der Waals surface area contributed by atoms with Crippen LogP contribution in [0.4, 0.5) is 0 Å². The molecule has 0 unspecified atom stereocenters. The maximum Gasteiger partial charge on any atom is 0.230 e. The van der Waals surface area contributed by atoms with Gasteiger partial charge in [0.05, 0.1) is 18.6 Å². The summed E-state index contributed by atoms with van der Waals surface area (Å²) in [6, 6.07) is 17.6. The minimum atomic E-state index is -0.0189. The van der Waals surface area contributed by atoms with E-state index in [9.17, 15) is 4.79 Å². The molecule has 1 N–H and O–H groups in total. The van der Waals surface area contributed by atoms with E-state index >= 15 is 0 Å². The maximum atomic E-state index is 12.2. The molecule has 2 aromatic carbocycles. The van der Waals surface area contributed by atoms with Gasteiger partial charge in [0.25, 0.3) is 0 Å². The van der Waals surface area contributed by atoms with E-state index in [4.69, 9.17) is 4.74 Å². The fraction of sp³-hybridized carbons (Fsp3) is 0.286. The van der Waals surface area contributed by atoms with E-state index in [1.54, 1.807) is 7.11 Å². The molecule has 0 aliphatic rings. The zero-order chi connectivity index (χ0) is 19.9. The molecule has 1 heterocycles. The number of thioether (sulfide) groups is 1. The molecule has 146 valence electrons. The zero-order valence-electron chi connectivity index (χ0n) is 16.3. The Morgan fingerprint density at radius 2 is 1.82 bits per heavy atom. The second-order valence-electron chi connectivity index (χ2n) is 6.67. The highest BCUT2D eigenvalue weighted by Gasteiger charge is 2.19. The summed E-state index contributed by atoms with van der Waals surface area (Å²) in [5.74, 6) is 2.08. The van der Waals surface area contributed by atoms with Gasteiger partial charge in [0, 0.05) is 12.1 Å². The van der Waals surface area contributed by atoms with Crippen molar-refractivity contribution in [2.45, 2.75) is 19.0 Å². The predicted molar refractivity (Wildman–Crippen MR) is 112 cm³/mol. The van der Waals surface area contributed by atoms with Gasteiger partial charge in [0.15, 0.2) is 11.0 Å². The first-order valence-electron chi connectivity index (χ1n) is 9.14. The van der Waals surface area contributed by atoms with Crippen molar-refractivity contribution in [1.82, 2.24) is 20.1 Å². The van der Waals surface area contributed by atoms with Gasteiger partial charge in [0.1, 0.15) is 5.75 Å². The van der Waals surface area contributed by atoms with E-state index in [1.165, 1.54) is 11.8 Å². The Morgan fingerprint density at radius 1 is 1.11 bits per heavy atom. The lowest BCUT2D eigenvalue weighted by Crippen LogP contribution is -2.28. The molecule has 0 bridgehead atoms. The molecule has 28 heavy (non-hydrogen) atoms. The number of hydrogen-bond donors (Lipinski definition) is 1. The summed E-state index contributed by atoms with van der Waals surface area (Å²) in [7, 11) is 1.64. The van der Waals surface area contributed by atoms with Crippen molar-refractivity contribution < 1.29 is 9.53 Å². The zero-order valence-corrected chi connectivity index (χ0v) is 17.1. The number of carbonyl (C=O) groups is 1. The molecule has 0 saturated carbocycles. The second-order valence-corrected chi connectivity index (χ2v) is 7.61. The summed E-state index contributed by atoms with van der Waals surface area (Å²) < 4.78 is 7.48. The molecule has 1 amide bonds. The van der Waals surface area contributed by atoms with E-state index in [-0.39, 0.29) is 11.7 Å². The van der Waals surface area contributed by atoms with E-state index in [1.807, 2.05) is 59.2 Å². The van der Waals surface area contributed by atoms with Crippen LogP contribution in [0.25, 0.3) is 17.1 Å². The van der Waals surface area contributed by atoms with Crippen LogP contribution in [0, 0.1) is 5.92 Å². The van der Waals surface area contributed by atoms with Crippen LogP contribution in [0.2, 0.25) is 0 Å². The molecule has 7 heteroatoms.